The first kappa shape index (κ1) is 16.1. The van der Waals surface area contributed by atoms with Crippen molar-refractivity contribution >= 4 is 17.8 Å². The molecule has 0 atom stereocenters. The van der Waals surface area contributed by atoms with Crippen LogP contribution in [0.25, 0.3) is 0 Å². The average molecular weight is 323 g/mol. The van der Waals surface area contributed by atoms with Crippen LogP contribution < -0.4 is 10.3 Å². The molecule has 0 bridgehead atoms. The van der Waals surface area contributed by atoms with Gasteiger partial charge in [-0.15, -0.1) is 0 Å². The highest BCUT2D eigenvalue weighted by atomic mass is 16.3. The van der Waals surface area contributed by atoms with Gasteiger partial charge >= 0.3 is 0 Å². The molecule has 1 fully saturated rings. The molecular formula is C19H21N3O2. The van der Waals surface area contributed by atoms with E-state index in [2.05, 4.69) is 27.6 Å². The number of carbonyl (C=O) groups excluding carboxylic acids is 1. The van der Waals surface area contributed by atoms with Crippen molar-refractivity contribution in [2.24, 2.45) is 5.10 Å². The van der Waals surface area contributed by atoms with Gasteiger partial charge in [0, 0.05) is 18.8 Å². The molecule has 3 rings (SSSR count). The Bertz CT molecular complexity index is 720. The Morgan fingerprint density at radius 1 is 1.04 bits per heavy atom. The molecule has 1 heterocycles. The highest BCUT2D eigenvalue weighted by molar-refractivity contribution is 5.97. The van der Waals surface area contributed by atoms with E-state index in [1.807, 2.05) is 12.1 Å². The molecule has 2 N–H and O–H groups in total. The number of aromatic hydroxyl groups is 1. The molecule has 1 aliphatic rings. The van der Waals surface area contributed by atoms with Crippen LogP contribution in [0.3, 0.4) is 0 Å². The number of nitrogens with one attached hydrogen (secondary N) is 1. The summed E-state index contributed by atoms with van der Waals surface area (Å²) >= 11 is 0. The SMILES string of the molecule is O=C(N/N=C/c1ccc(N2CCCCC2)cc1)c1ccccc1O. The number of nitrogens with zero attached hydrogens (tertiary/aromatic N) is 2. The zero-order valence-corrected chi connectivity index (χ0v) is 13.5. The summed E-state index contributed by atoms with van der Waals surface area (Å²) in [6.45, 7) is 2.23. The van der Waals surface area contributed by atoms with Gasteiger partial charge < -0.3 is 10.0 Å². The number of anilines is 1. The molecule has 0 aromatic heterocycles. The highest BCUT2D eigenvalue weighted by Gasteiger charge is 2.10. The van der Waals surface area contributed by atoms with E-state index in [9.17, 15) is 9.90 Å². The maximum absolute atomic E-state index is 11.9. The third kappa shape index (κ3) is 3.93. The van der Waals surface area contributed by atoms with Crippen molar-refractivity contribution < 1.29 is 9.90 Å². The van der Waals surface area contributed by atoms with Crippen LogP contribution in [0.5, 0.6) is 5.75 Å². The molecule has 5 heteroatoms. The lowest BCUT2D eigenvalue weighted by Gasteiger charge is -2.28. The third-order valence-corrected chi connectivity index (χ3v) is 4.14. The molecule has 0 aliphatic carbocycles. The number of piperidine rings is 1. The second kappa shape index (κ2) is 7.64. The number of benzene rings is 2. The van der Waals surface area contributed by atoms with Gasteiger partial charge in [0.25, 0.3) is 5.91 Å². The number of rotatable bonds is 4. The van der Waals surface area contributed by atoms with Crippen LogP contribution in [0.1, 0.15) is 35.2 Å². The minimum atomic E-state index is -0.436. The Labute approximate surface area is 141 Å². The Hall–Kier alpha value is -2.82. The summed E-state index contributed by atoms with van der Waals surface area (Å²) < 4.78 is 0. The van der Waals surface area contributed by atoms with Crippen molar-refractivity contribution in [2.75, 3.05) is 18.0 Å². The van der Waals surface area contributed by atoms with Gasteiger partial charge in [-0.2, -0.15) is 5.10 Å². The second-order valence-corrected chi connectivity index (χ2v) is 5.86. The summed E-state index contributed by atoms with van der Waals surface area (Å²) in [5.41, 5.74) is 4.77. The number of amides is 1. The summed E-state index contributed by atoms with van der Waals surface area (Å²) in [6, 6.07) is 14.5. The first-order valence-electron chi connectivity index (χ1n) is 8.20. The molecule has 124 valence electrons. The molecular weight excluding hydrogens is 302 g/mol. The Morgan fingerprint density at radius 2 is 1.75 bits per heavy atom. The van der Waals surface area contributed by atoms with E-state index in [0.29, 0.717) is 0 Å². The van der Waals surface area contributed by atoms with Gasteiger partial charge in [0.15, 0.2) is 0 Å². The predicted octanol–water partition coefficient (Wildman–Crippen LogP) is 3.15. The van der Waals surface area contributed by atoms with Crippen LogP contribution >= 0.6 is 0 Å². The van der Waals surface area contributed by atoms with Gasteiger partial charge in [0.05, 0.1) is 11.8 Å². The van der Waals surface area contributed by atoms with E-state index in [1.165, 1.54) is 31.0 Å². The van der Waals surface area contributed by atoms with Crippen molar-refractivity contribution in [2.45, 2.75) is 19.3 Å². The lowest BCUT2D eigenvalue weighted by molar-refractivity contribution is 0.0952. The van der Waals surface area contributed by atoms with E-state index >= 15 is 0 Å². The zero-order valence-electron chi connectivity index (χ0n) is 13.5. The first-order valence-corrected chi connectivity index (χ1v) is 8.20. The maximum Gasteiger partial charge on any atom is 0.275 e. The molecule has 2 aromatic carbocycles. The van der Waals surface area contributed by atoms with Crippen LogP contribution in [0.2, 0.25) is 0 Å². The molecule has 1 saturated heterocycles. The monoisotopic (exact) mass is 323 g/mol. The van der Waals surface area contributed by atoms with Gasteiger partial charge in [-0.3, -0.25) is 4.79 Å². The fourth-order valence-electron chi connectivity index (χ4n) is 2.81. The predicted molar refractivity (Wildman–Crippen MR) is 95.7 cm³/mol. The number of para-hydroxylation sites is 1. The van der Waals surface area contributed by atoms with Gasteiger partial charge in [-0.05, 0) is 49.1 Å². The Morgan fingerprint density at radius 3 is 2.46 bits per heavy atom. The number of hydrogen-bond donors (Lipinski definition) is 2. The Balaban J connectivity index is 1.58. The van der Waals surface area contributed by atoms with Gasteiger partial charge in [-0.25, -0.2) is 5.43 Å². The number of phenolic OH excluding ortho intramolecular Hbond substituents is 1. The second-order valence-electron chi connectivity index (χ2n) is 5.86. The van der Waals surface area contributed by atoms with Crippen LogP contribution in [0.4, 0.5) is 5.69 Å². The van der Waals surface area contributed by atoms with E-state index in [0.717, 1.165) is 18.7 Å². The maximum atomic E-state index is 11.9. The van der Waals surface area contributed by atoms with Crippen LogP contribution in [0, 0.1) is 0 Å². The smallest absolute Gasteiger partial charge is 0.275 e. The van der Waals surface area contributed by atoms with E-state index in [-0.39, 0.29) is 11.3 Å². The quantitative estimate of drug-likeness (QED) is 0.671. The lowest BCUT2D eigenvalue weighted by atomic mass is 10.1. The van der Waals surface area contributed by atoms with Crippen molar-refractivity contribution in [3.8, 4) is 5.75 Å². The topological polar surface area (TPSA) is 64.9 Å². The normalized spacial score (nSPS) is 14.8. The third-order valence-electron chi connectivity index (χ3n) is 4.14. The van der Waals surface area contributed by atoms with E-state index in [1.54, 1.807) is 24.4 Å². The van der Waals surface area contributed by atoms with Gasteiger partial charge in [-0.1, -0.05) is 24.3 Å². The minimum Gasteiger partial charge on any atom is -0.507 e. The van der Waals surface area contributed by atoms with Gasteiger partial charge in [0.2, 0.25) is 0 Å². The van der Waals surface area contributed by atoms with Crippen molar-refractivity contribution in [1.29, 1.82) is 0 Å². The molecule has 24 heavy (non-hydrogen) atoms. The molecule has 0 unspecified atom stereocenters. The molecule has 1 amide bonds. The fourth-order valence-corrected chi connectivity index (χ4v) is 2.81. The lowest BCUT2D eigenvalue weighted by Crippen LogP contribution is -2.29. The average Bonchev–Trinajstić information content (AvgIpc) is 2.63. The fraction of sp³-hybridized carbons (Fsp3) is 0.263. The number of hydrogen-bond acceptors (Lipinski definition) is 4. The minimum absolute atomic E-state index is 0.0592. The molecule has 5 nitrogen and oxygen atoms in total. The molecule has 0 saturated carbocycles. The van der Waals surface area contributed by atoms with Crippen LogP contribution in [0.15, 0.2) is 53.6 Å². The summed E-state index contributed by atoms with van der Waals surface area (Å²) in [7, 11) is 0. The first-order chi connectivity index (χ1) is 11.7. The Kier molecular flexibility index (Phi) is 5.11. The zero-order chi connectivity index (χ0) is 16.8. The number of carbonyl (C=O) groups is 1. The molecule has 1 aliphatic heterocycles. The number of hydrazone groups is 1. The van der Waals surface area contributed by atoms with Gasteiger partial charge in [0.1, 0.15) is 5.75 Å². The molecule has 2 aromatic rings. The molecule has 0 radical (unpaired) electrons. The largest absolute Gasteiger partial charge is 0.507 e. The van der Waals surface area contributed by atoms with Crippen LogP contribution in [-0.4, -0.2) is 30.3 Å². The molecule has 0 spiro atoms. The summed E-state index contributed by atoms with van der Waals surface area (Å²) in [5.74, 6) is -0.495. The number of phenols is 1. The van der Waals surface area contributed by atoms with Crippen molar-refractivity contribution in [1.82, 2.24) is 5.43 Å². The summed E-state index contributed by atoms with van der Waals surface area (Å²) in [5, 5.41) is 13.6. The summed E-state index contributed by atoms with van der Waals surface area (Å²) in [6.07, 6.45) is 5.42. The van der Waals surface area contributed by atoms with Crippen molar-refractivity contribution in [3.63, 3.8) is 0 Å². The highest BCUT2D eigenvalue weighted by Crippen LogP contribution is 2.19. The van der Waals surface area contributed by atoms with Crippen molar-refractivity contribution in [3.05, 3.63) is 59.7 Å². The van der Waals surface area contributed by atoms with Crippen LogP contribution in [-0.2, 0) is 0 Å². The standard InChI is InChI=1S/C19H21N3O2/c23-18-7-3-2-6-17(18)19(24)21-20-14-15-8-10-16(11-9-15)22-12-4-1-5-13-22/h2-3,6-11,14,23H,1,4-5,12-13H2,(H,21,24)/b20-14+. The van der Waals surface area contributed by atoms with E-state index in [4.69, 9.17) is 0 Å². The van der Waals surface area contributed by atoms with E-state index < -0.39 is 5.91 Å². The summed E-state index contributed by atoms with van der Waals surface area (Å²) in [4.78, 5) is 14.3.